The maximum atomic E-state index is 13.0. The number of aromatic nitrogens is 2. The molecule has 1 aromatic carbocycles. The fraction of sp³-hybridized carbons (Fsp3) is 0.400. The Balaban J connectivity index is 2.21. The molecule has 0 amide bonds. The van der Waals surface area contributed by atoms with Crippen LogP contribution in [0.3, 0.4) is 0 Å². The molecule has 108 valence electrons. The van der Waals surface area contributed by atoms with Gasteiger partial charge in [-0.05, 0) is 38.1 Å². The average molecular weight is 276 g/mol. The number of nitrogens with two attached hydrogens (primary N) is 1. The van der Waals surface area contributed by atoms with Gasteiger partial charge in [0.25, 0.3) is 0 Å². The minimum Gasteiger partial charge on any atom is -0.329 e. The first kappa shape index (κ1) is 14.7. The number of aromatic amines is 1. The number of benzene rings is 1. The lowest BCUT2D eigenvalue weighted by molar-refractivity contribution is 0.219. The van der Waals surface area contributed by atoms with E-state index in [0.717, 1.165) is 29.9 Å². The van der Waals surface area contributed by atoms with Crippen LogP contribution >= 0.6 is 0 Å². The monoisotopic (exact) mass is 276 g/mol. The summed E-state index contributed by atoms with van der Waals surface area (Å²) < 4.78 is 13.0. The van der Waals surface area contributed by atoms with E-state index in [1.54, 1.807) is 12.1 Å². The normalized spacial score (nSPS) is 11.5. The zero-order valence-electron chi connectivity index (χ0n) is 11.9. The van der Waals surface area contributed by atoms with Gasteiger partial charge in [-0.25, -0.2) is 4.39 Å². The Hall–Kier alpha value is -1.72. The van der Waals surface area contributed by atoms with Crippen LogP contribution in [0.2, 0.25) is 0 Å². The lowest BCUT2D eigenvalue weighted by Crippen LogP contribution is -2.34. The largest absolute Gasteiger partial charge is 0.329 e. The summed E-state index contributed by atoms with van der Waals surface area (Å²) >= 11 is 0. The summed E-state index contributed by atoms with van der Waals surface area (Å²) in [7, 11) is 0. The van der Waals surface area contributed by atoms with Gasteiger partial charge in [-0.2, -0.15) is 5.10 Å². The van der Waals surface area contributed by atoms with Crippen molar-refractivity contribution in [1.29, 1.82) is 0 Å². The zero-order valence-corrected chi connectivity index (χ0v) is 11.9. The van der Waals surface area contributed by atoms with E-state index in [0.29, 0.717) is 12.6 Å². The molecule has 1 aromatic heterocycles. The molecule has 2 rings (SSSR count). The van der Waals surface area contributed by atoms with E-state index in [1.807, 2.05) is 6.20 Å². The Morgan fingerprint density at radius 3 is 2.60 bits per heavy atom. The second kappa shape index (κ2) is 6.63. The van der Waals surface area contributed by atoms with Gasteiger partial charge in [0.15, 0.2) is 0 Å². The van der Waals surface area contributed by atoms with Crippen molar-refractivity contribution in [2.45, 2.75) is 26.4 Å². The highest BCUT2D eigenvalue weighted by atomic mass is 19.1. The van der Waals surface area contributed by atoms with Crippen molar-refractivity contribution in [2.75, 3.05) is 13.1 Å². The number of halogens is 1. The fourth-order valence-electron chi connectivity index (χ4n) is 2.20. The average Bonchev–Trinajstić information content (AvgIpc) is 2.87. The van der Waals surface area contributed by atoms with Crippen LogP contribution in [0.25, 0.3) is 11.3 Å². The van der Waals surface area contributed by atoms with E-state index < -0.39 is 0 Å². The number of hydrogen-bond acceptors (Lipinski definition) is 3. The van der Waals surface area contributed by atoms with Gasteiger partial charge in [-0.1, -0.05) is 0 Å². The predicted molar refractivity (Wildman–Crippen MR) is 78.6 cm³/mol. The van der Waals surface area contributed by atoms with Crippen molar-refractivity contribution in [2.24, 2.45) is 5.73 Å². The summed E-state index contributed by atoms with van der Waals surface area (Å²) in [5.74, 6) is -0.238. The second-order valence-corrected chi connectivity index (χ2v) is 5.12. The molecule has 0 aliphatic rings. The van der Waals surface area contributed by atoms with Crippen LogP contribution in [0.15, 0.2) is 30.5 Å². The molecule has 0 fully saturated rings. The van der Waals surface area contributed by atoms with E-state index in [-0.39, 0.29) is 5.82 Å². The molecule has 0 atom stereocenters. The van der Waals surface area contributed by atoms with Gasteiger partial charge in [0.2, 0.25) is 0 Å². The van der Waals surface area contributed by atoms with E-state index in [9.17, 15) is 4.39 Å². The highest BCUT2D eigenvalue weighted by Gasteiger charge is 2.14. The molecule has 0 saturated heterocycles. The summed E-state index contributed by atoms with van der Waals surface area (Å²) in [6, 6.07) is 6.81. The third-order valence-electron chi connectivity index (χ3n) is 3.36. The van der Waals surface area contributed by atoms with Crippen LogP contribution in [-0.2, 0) is 6.54 Å². The van der Waals surface area contributed by atoms with Crippen molar-refractivity contribution in [3.05, 3.63) is 41.8 Å². The fourth-order valence-corrected chi connectivity index (χ4v) is 2.20. The number of nitrogens with zero attached hydrogens (tertiary/aromatic N) is 2. The molecule has 0 radical (unpaired) electrons. The van der Waals surface area contributed by atoms with Crippen molar-refractivity contribution in [3.63, 3.8) is 0 Å². The Kier molecular flexibility index (Phi) is 4.87. The van der Waals surface area contributed by atoms with E-state index in [1.165, 1.54) is 12.1 Å². The number of nitrogens with one attached hydrogen (secondary N) is 1. The maximum absolute atomic E-state index is 13.0. The van der Waals surface area contributed by atoms with Crippen molar-refractivity contribution in [1.82, 2.24) is 15.1 Å². The Morgan fingerprint density at radius 1 is 1.30 bits per heavy atom. The molecule has 0 spiro atoms. The minimum absolute atomic E-state index is 0.238. The van der Waals surface area contributed by atoms with Gasteiger partial charge in [-0.3, -0.25) is 10.00 Å². The molecule has 0 aliphatic carbocycles. The number of H-pyrrole nitrogens is 1. The number of rotatable bonds is 6. The first-order chi connectivity index (χ1) is 9.61. The molecule has 1 heterocycles. The summed E-state index contributed by atoms with van der Waals surface area (Å²) in [4.78, 5) is 2.29. The highest BCUT2D eigenvalue weighted by molar-refractivity contribution is 5.62. The van der Waals surface area contributed by atoms with Crippen LogP contribution in [0, 0.1) is 5.82 Å². The summed E-state index contributed by atoms with van der Waals surface area (Å²) in [6.45, 7) is 6.53. The predicted octanol–water partition coefficient (Wildman–Crippen LogP) is 2.38. The van der Waals surface area contributed by atoms with Gasteiger partial charge in [-0.15, -0.1) is 0 Å². The Labute approximate surface area is 118 Å². The van der Waals surface area contributed by atoms with E-state index >= 15 is 0 Å². The summed E-state index contributed by atoms with van der Waals surface area (Å²) in [5.41, 5.74) is 8.54. The van der Waals surface area contributed by atoms with E-state index in [4.69, 9.17) is 5.73 Å². The third kappa shape index (κ3) is 3.43. The van der Waals surface area contributed by atoms with Crippen LogP contribution in [0.5, 0.6) is 0 Å². The molecule has 20 heavy (non-hydrogen) atoms. The maximum Gasteiger partial charge on any atom is 0.123 e. The van der Waals surface area contributed by atoms with Gasteiger partial charge in [0, 0.05) is 43.0 Å². The Morgan fingerprint density at radius 2 is 2.00 bits per heavy atom. The van der Waals surface area contributed by atoms with Crippen molar-refractivity contribution < 1.29 is 4.39 Å². The van der Waals surface area contributed by atoms with Crippen LogP contribution in [0.4, 0.5) is 4.39 Å². The summed E-state index contributed by atoms with van der Waals surface area (Å²) in [6.07, 6.45) is 1.89. The third-order valence-corrected chi connectivity index (χ3v) is 3.36. The molecule has 0 bridgehead atoms. The molecule has 2 aromatic rings. The zero-order chi connectivity index (χ0) is 14.5. The first-order valence-electron chi connectivity index (χ1n) is 6.84. The lowest BCUT2D eigenvalue weighted by atomic mass is 10.1. The van der Waals surface area contributed by atoms with Gasteiger partial charge in [0.1, 0.15) is 5.82 Å². The summed E-state index contributed by atoms with van der Waals surface area (Å²) in [5, 5.41) is 7.18. The quantitative estimate of drug-likeness (QED) is 0.851. The van der Waals surface area contributed by atoms with Crippen LogP contribution < -0.4 is 5.73 Å². The molecule has 5 heteroatoms. The highest BCUT2D eigenvalue weighted by Crippen LogP contribution is 2.23. The van der Waals surface area contributed by atoms with Crippen LogP contribution in [-0.4, -0.2) is 34.2 Å². The standard InChI is InChI=1S/C15H21FN4/c1-11(2)20(8-7-17)10-13-9-18-19-15(13)12-3-5-14(16)6-4-12/h3-6,9,11H,7-8,10,17H2,1-2H3,(H,18,19). The van der Waals surface area contributed by atoms with Gasteiger partial charge < -0.3 is 5.73 Å². The smallest absolute Gasteiger partial charge is 0.123 e. The SMILES string of the molecule is CC(C)N(CCN)Cc1c[nH]nc1-c1ccc(F)cc1. The molecule has 4 nitrogen and oxygen atoms in total. The lowest BCUT2D eigenvalue weighted by Gasteiger charge is -2.25. The van der Waals surface area contributed by atoms with Gasteiger partial charge >= 0.3 is 0 Å². The first-order valence-corrected chi connectivity index (χ1v) is 6.84. The van der Waals surface area contributed by atoms with Crippen molar-refractivity contribution in [3.8, 4) is 11.3 Å². The molecule has 0 aliphatic heterocycles. The minimum atomic E-state index is -0.238. The topological polar surface area (TPSA) is 57.9 Å². The molecule has 3 N–H and O–H groups in total. The van der Waals surface area contributed by atoms with Crippen LogP contribution in [0.1, 0.15) is 19.4 Å². The Bertz CT molecular complexity index is 533. The molecular weight excluding hydrogens is 255 g/mol. The number of hydrogen-bond donors (Lipinski definition) is 2. The van der Waals surface area contributed by atoms with Crippen molar-refractivity contribution >= 4 is 0 Å². The molecule has 0 unspecified atom stereocenters. The molecule has 0 saturated carbocycles. The van der Waals surface area contributed by atoms with Gasteiger partial charge in [0.05, 0.1) is 5.69 Å². The van der Waals surface area contributed by atoms with E-state index in [2.05, 4.69) is 28.9 Å². The second-order valence-electron chi connectivity index (χ2n) is 5.12. The molecular formula is C15H21FN4.